The Morgan fingerprint density at radius 3 is 1.40 bits per heavy atom. The Kier molecular flexibility index (Phi) is 19.8. The van der Waals surface area contributed by atoms with E-state index < -0.39 is 38.8 Å². The lowest BCUT2D eigenvalue weighted by Gasteiger charge is -2.43. The minimum Gasteiger partial charge on any atom is -0.550 e. The summed E-state index contributed by atoms with van der Waals surface area (Å²) in [6.07, 6.45) is 9.32. The second-order valence-electron chi connectivity index (χ2n) is 20.5. The number of nitrogens with one attached hydrogen (secondary N) is 1. The van der Waals surface area contributed by atoms with Crippen LogP contribution in [0.5, 0.6) is 0 Å². The van der Waals surface area contributed by atoms with Crippen LogP contribution in [-0.4, -0.2) is 129 Å². The van der Waals surface area contributed by atoms with Crippen molar-refractivity contribution in [3.05, 3.63) is 128 Å². The summed E-state index contributed by atoms with van der Waals surface area (Å²) in [5, 5.41) is 23.6. The molecule has 4 heterocycles. The summed E-state index contributed by atoms with van der Waals surface area (Å²) in [5.74, 6) is -3.89. The molecule has 0 amide bonds. The maximum Gasteiger partial charge on any atom is 0.356 e. The van der Waals surface area contributed by atoms with Gasteiger partial charge in [-0.2, -0.15) is 4.52 Å². The van der Waals surface area contributed by atoms with Gasteiger partial charge in [-0.1, -0.05) is 56.3 Å². The first-order chi connectivity index (χ1) is 34.2. The molecule has 8 rings (SSSR count). The number of hydrogen-bond donors (Lipinski definition) is 1. The SMILES string of the molecule is C1=C2CCCCN2CCC1.CC(C(=O)[O-])c1ccc2oc3ccccc3c(=O)c2c1.CC(C(=O)[O-])c1ccc2oc3ccccc3c(=O)c2c1.CN(C)P(=NP(=[NH+]C(C)(C)C)(N(C)C)N(C)C)(N(C)C)N(C)C. The number of piperidine rings is 1. The van der Waals surface area contributed by atoms with E-state index in [0.717, 1.165) is 0 Å². The van der Waals surface area contributed by atoms with E-state index in [4.69, 9.17) is 13.3 Å². The van der Waals surface area contributed by atoms with Crippen molar-refractivity contribution in [1.29, 1.82) is 0 Å². The van der Waals surface area contributed by atoms with Gasteiger partial charge in [0.05, 0.1) is 21.5 Å². The highest BCUT2D eigenvalue weighted by atomic mass is 31.2. The molecule has 2 aliphatic rings. The van der Waals surface area contributed by atoms with Crippen molar-refractivity contribution in [2.75, 3.05) is 83.6 Å². The number of hydrogen-bond acceptors (Lipinski definition) is 9. The summed E-state index contributed by atoms with van der Waals surface area (Å²) in [4.78, 5) is 49.2. The van der Waals surface area contributed by atoms with Gasteiger partial charge in [0.2, 0.25) is 10.9 Å². The predicted octanol–water partition coefficient (Wildman–Crippen LogP) is 7.32. The van der Waals surface area contributed by atoms with E-state index in [0.29, 0.717) is 55.0 Å². The lowest BCUT2D eigenvalue weighted by Crippen LogP contribution is -2.81. The van der Waals surface area contributed by atoms with Gasteiger partial charge in [0.15, 0.2) is 13.0 Å². The molecule has 2 aliphatic heterocycles. The number of allylic oxidation sites excluding steroid dienone is 2. The third-order valence-electron chi connectivity index (χ3n) is 12.9. The molecule has 0 bridgehead atoms. The van der Waals surface area contributed by atoms with Gasteiger partial charge in [0.25, 0.3) is 0 Å². The third kappa shape index (κ3) is 13.7. The first-order valence-corrected chi connectivity index (χ1v) is 28.0. The molecule has 0 radical (unpaired) electrons. The Bertz CT molecular complexity index is 3000. The van der Waals surface area contributed by atoms with E-state index in [1.54, 1.807) is 90.6 Å². The number of benzene rings is 4. The summed E-state index contributed by atoms with van der Waals surface area (Å²) >= 11 is 0. The summed E-state index contributed by atoms with van der Waals surface area (Å²) in [5.41, 5.74) is 4.27. The number of nitrogens with zero attached hydrogens (tertiary/aromatic N) is 7. The number of carbonyl (C=O) groups excluding carboxylic acids is 2. The van der Waals surface area contributed by atoms with Crippen LogP contribution in [0.25, 0.3) is 43.9 Å². The molecule has 0 aliphatic carbocycles. The quantitative estimate of drug-likeness (QED) is 0.106. The highest BCUT2D eigenvalue weighted by Gasteiger charge is 2.41. The van der Waals surface area contributed by atoms with E-state index in [9.17, 15) is 29.4 Å². The maximum atomic E-state index is 12.4. The average Bonchev–Trinajstić information content (AvgIpc) is 3.34. The minimum atomic E-state index is -2.08. The van der Waals surface area contributed by atoms with Crippen LogP contribution >= 0.6 is 15.0 Å². The number of carbonyl (C=O) groups is 2. The van der Waals surface area contributed by atoms with Crippen LogP contribution in [0.4, 0.5) is 0 Å². The van der Waals surface area contributed by atoms with Gasteiger partial charge in [-0.25, -0.2) is 14.1 Å². The molecule has 0 spiro atoms. The molecular formula is C55H77N8O8P2-. The highest BCUT2D eigenvalue weighted by Crippen LogP contribution is 2.65. The number of aliphatic carboxylic acids is 2. The summed E-state index contributed by atoms with van der Waals surface area (Å²) in [7, 11) is 17.1. The second-order valence-corrected chi connectivity index (χ2v) is 27.7. The number of fused-ring (bicyclic) bond motifs is 5. The van der Waals surface area contributed by atoms with Crippen LogP contribution in [0.15, 0.2) is 120 Å². The van der Waals surface area contributed by atoms with Crippen molar-refractivity contribution in [1.82, 2.24) is 28.3 Å². The number of carboxylic acids is 2. The van der Waals surface area contributed by atoms with Crippen molar-refractivity contribution in [3.8, 4) is 0 Å². The molecule has 6 aromatic rings. The largest absolute Gasteiger partial charge is 0.550 e. The lowest BCUT2D eigenvalue weighted by atomic mass is 9.99. The molecule has 396 valence electrons. The molecule has 2 atom stereocenters. The molecule has 1 saturated heterocycles. The summed E-state index contributed by atoms with van der Waals surface area (Å²) in [6, 6.07) is 23.6. The molecular weight excluding hydrogens is 963 g/mol. The molecule has 2 aromatic heterocycles. The fourth-order valence-corrected chi connectivity index (χ4v) is 18.0. The Balaban J connectivity index is 0.000000185. The minimum absolute atomic E-state index is 0.0353. The van der Waals surface area contributed by atoms with Gasteiger partial charge in [0.1, 0.15) is 22.3 Å². The zero-order chi connectivity index (χ0) is 54.2. The van der Waals surface area contributed by atoms with Crippen molar-refractivity contribution in [2.45, 2.75) is 84.1 Å². The maximum absolute atomic E-state index is 12.4. The van der Waals surface area contributed by atoms with E-state index >= 15 is 0 Å². The molecule has 18 heteroatoms. The van der Waals surface area contributed by atoms with E-state index in [1.165, 1.54) is 59.0 Å². The highest BCUT2D eigenvalue weighted by molar-refractivity contribution is 7.69. The molecule has 73 heavy (non-hydrogen) atoms. The number of rotatable bonds is 10. The van der Waals surface area contributed by atoms with Crippen molar-refractivity contribution in [3.63, 3.8) is 0 Å². The standard InChI is InChI=1S/2C16H12O4.C14H39N7P2.C9H15N/c2*1-9(16(18)19)10-6-7-14-12(8-10)15(17)11-4-2-3-5-13(11)20-14;1-14(2,3)15-22(17(4)5,18(6)7)16-23(19(8)9,20(10)11)21(12)13;1-3-7-10-8-4-2-6-9(10)5-1/h2*2-9H,1H3,(H,18,19);1-13H3;5H,1-4,6-8H2/p-1. The normalized spacial score (nSPS) is 15.0. The molecule has 4 aromatic carbocycles. The Morgan fingerprint density at radius 2 is 1.01 bits per heavy atom. The van der Waals surface area contributed by atoms with Gasteiger partial charge in [-0.05, 0) is 183 Å². The van der Waals surface area contributed by atoms with Crippen LogP contribution < -0.4 is 25.8 Å². The molecule has 0 saturated carbocycles. The van der Waals surface area contributed by atoms with Gasteiger partial charge >= 0.3 is 7.51 Å². The van der Waals surface area contributed by atoms with Gasteiger partial charge in [-0.3, -0.25) is 23.6 Å². The Labute approximate surface area is 431 Å². The van der Waals surface area contributed by atoms with Crippen LogP contribution in [-0.2, 0) is 9.59 Å². The molecule has 1 fully saturated rings. The van der Waals surface area contributed by atoms with Crippen LogP contribution in [0.3, 0.4) is 0 Å². The summed E-state index contributed by atoms with van der Waals surface area (Å²) in [6.45, 7) is 12.3. The van der Waals surface area contributed by atoms with Gasteiger partial charge in [-0.15, -0.1) is 0 Å². The van der Waals surface area contributed by atoms with Crippen LogP contribution in [0.1, 0.15) is 89.7 Å². The monoisotopic (exact) mass is 1040 g/mol. The number of carboxylic acid groups (broad SMARTS) is 2. The number of para-hydroxylation sites is 2. The molecule has 1 N–H and O–H groups in total. The second kappa shape index (κ2) is 24.7. The molecule has 2 unspecified atom stereocenters. The Hall–Kier alpha value is -5.44. The topological polar surface area (TPSA) is 186 Å². The third-order valence-corrected chi connectivity index (χ3v) is 21.3. The van der Waals surface area contributed by atoms with Crippen molar-refractivity contribution < 1.29 is 33.4 Å². The smallest absolute Gasteiger partial charge is 0.356 e. The fraction of sp³-hybridized carbons (Fsp3) is 0.455. The van der Waals surface area contributed by atoms with E-state index in [2.05, 4.69) is 130 Å². The predicted molar refractivity (Wildman–Crippen MR) is 295 cm³/mol. The fourth-order valence-electron chi connectivity index (χ4n) is 9.07. The average molecular weight is 1040 g/mol. The zero-order valence-electron chi connectivity index (χ0n) is 45.6. The van der Waals surface area contributed by atoms with Crippen LogP contribution in [0.2, 0.25) is 0 Å². The first kappa shape index (κ1) is 58.4. The lowest BCUT2D eigenvalue weighted by molar-refractivity contribution is -0.524. The van der Waals surface area contributed by atoms with E-state index in [-0.39, 0.29) is 16.4 Å². The Morgan fingerprint density at radius 1 is 0.603 bits per heavy atom. The molecule has 16 nitrogen and oxygen atoms in total. The van der Waals surface area contributed by atoms with Crippen LogP contribution in [0, 0.1) is 0 Å². The van der Waals surface area contributed by atoms with Gasteiger partial charge < -0.3 is 33.5 Å². The summed E-state index contributed by atoms with van der Waals surface area (Å²) < 4.78 is 32.0. The van der Waals surface area contributed by atoms with E-state index in [1.807, 2.05) is 0 Å². The zero-order valence-corrected chi connectivity index (χ0v) is 47.3. The van der Waals surface area contributed by atoms with Gasteiger partial charge in [0, 0.05) is 42.6 Å². The first-order valence-electron chi connectivity index (χ1n) is 24.7. The van der Waals surface area contributed by atoms with Crippen molar-refractivity contribution >= 4 is 70.8 Å². The van der Waals surface area contributed by atoms with Crippen molar-refractivity contribution in [2.24, 2.45) is 4.52 Å².